The summed E-state index contributed by atoms with van der Waals surface area (Å²) < 4.78 is 16.8. The Hall–Kier alpha value is -4.03. The Morgan fingerprint density at radius 3 is 2.55 bits per heavy atom. The van der Waals surface area contributed by atoms with Gasteiger partial charge in [-0.1, -0.05) is 6.08 Å². The fraction of sp³-hybridized carbons (Fsp3) is 0.483. The molecule has 40 heavy (non-hydrogen) atoms. The number of nitrogens with one attached hydrogen (secondary N) is 1. The molecule has 1 atom stereocenters. The maximum Gasteiger partial charge on any atom is 0.226 e. The van der Waals surface area contributed by atoms with E-state index in [9.17, 15) is 10.5 Å². The van der Waals surface area contributed by atoms with Crippen molar-refractivity contribution < 1.29 is 14.2 Å². The average Bonchev–Trinajstić information content (AvgIpc) is 2.97. The smallest absolute Gasteiger partial charge is 0.226 e. The van der Waals surface area contributed by atoms with Crippen LogP contribution in [0.25, 0.3) is 11.4 Å². The van der Waals surface area contributed by atoms with Crippen LogP contribution in [-0.2, 0) is 9.47 Å². The number of hydrogen-bond donors (Lipinski definition) is 1. The summed E-state index contributed by atoms with van der Waals surface area (Å²) in [5.41, 5.74) is 2.90. The van der Waals surface area contributed by atoms with Gasteiger partial charge in [0.05, 0.1) is 61.4 Å². The van der Waals surface area contributed by atoms with Crippen molar-refractivity contribution in [1.29, 1.82) is 10.5 Å². The Balaban J connectivity index is 1.10. The second-order valence-electron chi connectivity index (χ2n) is 10.4. The number of anilines is 1. The predicted molar refractivity (Wildman–Crippen MR) is 146 cm³/mol. The Morgan fingerprint density at radius 1 is 1.00 bits per heavy atom. The molecule has 4 aliphatic rings. The number of benzene rings is 1. The highest BCUT2D eigenvalue weighted by atomic mass is 16.5. The van der Waals surface area contributed by atoms with Gasteiger partial charge in [-0.3, -0.25) is 4.90 Å². The molecule has 2 aromatic rings. The van der Waals surface area contributed by atoms with E-state index in [0.29, 0.717) is 54.3 Å². The molecule has 0 spiro atoms. The molecule has 1 unspecified atom stereocenters. The van der Waals surface area contributed by atoms with Crippen molar-refractivity contribution in [1.82, 2.24) is 24.8 Å². The fourth-order valence-corrected chi connectivity index (χ4v) is 5.46. The summed E-state index contributed by atoms with van der Waals surface area (Å²) in [5.74, 6) is 1.43. The SMILES string of the molecule is N#CC1=C(N2CCN(C3COC3)CC2)C=CC(Nc2ncnc(-c3ccc(OC4CCOCC4)c(C#N)c3)n2)C1. The zero-order valence-corrected chi connectivity index (χ0v) is 22.3. The molecule has 3 saturated heterocycles. The van der Waals surface area contributed by atoms with Crippen molar-refractivity contribution in [2.45, 2.75) is 37.5 Å². The van der Waals surface area contributed by atoms with Crippen LogP contribution in [0.2, 0.25) is 0 Å². The van der Waals surface area contributed by atoms with Crippen LogP contribution >= 0.6 is 0 Å². The summed E-state index contributed by atoms with van der Waals surface area (Å²) in [7, 11) is 0. The topological polar surface area (TPSA) is 132 Å². The second-order valence-corrected chi connectivity index (χ2v) is 10.4. The molecule has 4 heterocycles. The van der Waals surface area contributed by atoms with Gasteiger partial charge in [0.25, 0.3) is 0 Å². The molecule has 1 aliphatic carbocycles. The third-order valence-electron chi connectivity index (χ3n) is 7.85. The average molecular weight is 541 g/mol. The molecular formula is C29H32N8O3. The summed E-state index contributed by atoms with van der Waals surface area (Å²) in [4.78, 5) is 18.0. The van der Waals surface area contributed by atoms with Crippen LogP contribution in [-0.4, -0.2) is 95.5 Å². The molecule has 6 rings (SSSR count). The molecule has 0 saturated carbocycles. The summed E-state index contributed by atoms with van der Waals surface area (Å²) in [6, 6.07) is 10.5. The Morgan fingerprint density at radius 2 is 1.82 bits per heavy atom. The first-order valence-electron chi connectivity index (χ1n) is 13.8. The van der Waals surface area contributed by atoms with E-state index in [1.54, 1.807) is 12.1 Å². The largest absolute Gasteiger partial charge is 0.489 e. The molecule has 206 valence electrons. The zero-order valence-electron chi connectivity index (χ0n) is 22.3. The summed E-state index contributed by atoms with van der Waals surface area (Å²) in [6.45, 7) is 6.76. The lowest BCUT2D eigenvalue weighted by molar-refractivity contribution is -0.0745. The van der Waals surface area contributed by atoms with Crippen LogP contribution < -0.4 is 10.1 Å². The first-order valence-corrected chi connectivity index (χ1v) is 13.8. The first kappa shape index (κ1) is 26.2. The van der Waals surface area contributed by atoms with Gasteiger partial charge in [-0.25, -0.2) is 9.97 Å². The van der Waals surface area contributed by atoms with E-state index in [0.717, 1.165) is 63.5 Å². The van der Waals surface area contributed by atoms with Crippen LogP contribution in [0.4, 0.5) is 5.95 Å². The Kier molecular flexibility index (Phi) is 7.87. The minimum atomic E-state index is -0.119. The highest BCUT2D eigenvalue weighted by Gasteiger charge is 2.30. The lowest BCUT2D eigenvalue weighted by atomic mass is 9.97. The number of nitriles is 2. The quantitative estimate of drug-likeness (QED) is 0.555. The van der Waals surface area contributed by atoms with Gasteiger partial charge in [-0.05, 0) is 24.3 Å². The second kappa shape index (κ2) is 12.0. The lowest BCUT2D eigenvalue weighted by Crippen LogP contribution is -2.56. The predicted octanol–water partition coefficient (Wildman–Crippen LogP) is 2.50. The zero-order chi connectivity index (χ0) is 27.3. The minimum Gasteiger partial charge on any atom is -0.489 e. The number of allylic oxidation sites excluding steroid dienone is 1. The standard InChI is InChI=1S/C29H32N8O3/c30-15-21-14-23(2-3-26(21)37-9-7-36(8-10-37)24-17-39-18-24)34-29-33-19-32-28(35-29)20-1-4-27(22(13-20)16-31)40-25-5-11-38-12-6-25/h1-4,13,19,23-25H,5-12,14,17-18H2,(H,32,33,34,35). The molecule has 0 amide bonds. The number of aromatic nitrogens is 3. The van der Waals surface area contributed by atoms with Gasteiger partial charge in [0.15, 0.2) is 5.82 Å². The summed E-state index contributed by atoms with van der Waals surface area (Å²) in [5, 5.41) is 23.0. The number of rotatable bonds is 7. The minimum absolute atomic E-state index is 0.0446. The van der Waals surface area contributed by atoms with E-state index in [1.807, 2.05) is 12.1 Å². The van der Waals surface area contributed by atoms with Gasteiger partial charge in [0.1, 0.15) is 24.3 Å². The third kappa shape index (κ3) is 5.77. The molecule has 0 bridgehead atoms. The third-order valence-corrected chi connectivity index (χ3v) is 7.85. The van der Waals surface area contributed by atoms with Gasteiger partial charge < -0.3 is 24.4 Å². The van der Waals surface area contributed by atoms with Crippen LogP contribution in [0, 0.1) is 22.7 Å². The molecular weight excluding hydrogens is 508 g/mol. The van der Waals surface area contributed by atoms with E-state index in [4.69, 9.17) is 14.2 Å². The monoisotopic (exact) mass is 540 g/mol. The number of nitrogens with zero attached hydrogens (tertiary/aromatic N) is 7. The van der Waals surface area contributed by atoms with E-state index in [2.05, 4.69) is 48.3 Å². The van der Waals surface area contributed by atoms with Crippen LogP contribution in [0.1, 0.15) is 24.8 Å². The highest BCUT2D eigenvalue weighted by Crippen LogP contribution is 2.28. The normalized spacial score (nSPS) is 22.4. The maximum atomic E-state index is 9.92. The summed E-state index contributed by atoms with van der Waals surface area (Å²) >= 11 is 0. The lowest BCUT2D eigenvalue weighted by Gasteiger charge is -2.44. The Bertz CT molecular complexity index is 1360. The van der Waals surface area contributed by atoms with Crippen LogP contribution in [0.15, 0.2) is 47.9 Å². The van der Waals surface area contributed by atoms with Crippen LogP contribution in [0.3, 0.4) is 0 Å². The van der Waals surface area contributed by atoms with E-state index in [1.165, 1.54) is 6.33 Å². The highest BCUT2D eigenvalue weighted by molar-refractivity contribution is 5.62. The van der Waals surface area contributed by atoms with Crippen molar-refractivity contribution >= 4 is 5.95 Å². The summed E-state index contributed by atoms with van der Waals surface area (Å²) in [6.07, 6.45) is 7.78. The molecule has 1 aromatic carbocycles. The molecule has 1 N–H and O–H groups in total. The van der Waals surface area contributed by atoms with Gasteiger partial charge in [-0.2, -0.15) is 15.5 Å². The fourth-order valence-electron chi connectivity index (χ4n) is 5.46. The Labute approximate surface area is 233 Å². The van der Waals surface area contributed by atoms with Crippen molar-refractivity contribution in [3.05, 3.63) is 53.5 Å². The van der Waals surface area contributed by atoms with Gasteiger partial charge in [-0.15, -0.1) is 0 Å². The van der Waals surface area contributed by atoms with Crippen LogP contribution in [0.5, 0.6) is 5.75 Å². The maximum absolute atomic E-state index is 9.92. The van der Waals surface area contributed by atoms with E-state index < -0.39 is 0 Å². The van der Waals surface area contributed by atoms with Crippen molar-refractivity contribution in [2.24, 2.45) is 0 Å². The molecule has 11 nitrogen and oxygen atoms in total. The molecule has 3 aliphatic heterocycles. The van der Waals surface area contributed by atoms with Gasteiger partial charge >= 0.3 is 0 Å². The number of piperazine rings is 1. The van der Waals surface area contributed by atoms with E-state index >= 15 is 0 Å². The van der Waals surface area contributed by atoms with Crippen molar-refractivity contribution in [2.75, 3.05) is 57.9 Å². The van der Waals surface area contributed by atoms with Crippen molar-refractivity contribution in [3.8, 4) is 29.3 Å². The molecule has 11 heteroatoms. The number of ether oxygens (including phenoxy) is 3. The van der Waals surface area contributed by atoms with Gasteiger partial charge in [0, 0.05) is 51.0 Å². The first-order chi connectivity index (χ1) is 19.7. The number of hydrogen-bond acceptors (Lipinski definition) is 11. The van der Waals surface area contributed by atoms with Gasteiger partial charge in [0.2, 0.25) is 5.95 Å². The molecule has 3 fully saturated rings. The molecule has 0 radical (unpaired) electrons. The van der Waals surface area contributed by atoms with E-state index in [-0.39, 0.29) is 12.1 Å². The van der Waals surface area contributed by atoms with Crippen molar-refractivity contribution in [3.63, 3.8) is 0 Å². The molecule has 1 aromatic heterocycles.